The molecule has 0 aliphatic heterocycles. The normalized spacial score (nSPS) is 10.4. The van der Waals surface area contributed by atoms with Crippen LogP contribution in [0.15, 0.2) is 42.5 Å². The summed E-state index contributed by atoms with van der Waals surface area (Å²) in [6.07, 6.45) is 1.99. The van der Waals surface area contributed by atoms with Crippen LogP contribution in [0.4, 0.5) is 5.69 Å². The standard InChI is InChI=1S/C17H21NO/c1-13-8-9-17(11-14(13)2)19-10-4-6-15-5-3-7-16(18)12-15/h3,5,7-9,11-12H,4,6,10,18H2,1-2H3. The minimum Gasteiger partial charge on any atom is -0.494 e. The summed E-state index contributed by atoms with van der Waals surface area (Å²) in [4.78, 5) is 0. The van der Waals surface area contributed by atoms with Gasteiger partial charge in [-0.15, -0.1) is 0 Å². The van der Waals surface area contributed by atoms with E-state index in [1.54, 1.807) is 0 Å². The first-order valence-electron chi connectivity index (χ1n) is 6.69. The zero-order valence-corrected chi connectivity index (χ0v) is 11.6. The van der Waals surface area contributed by atoms with Crippen LogP contribution in [0.3, 0.4) is 0 Å². The van der Waals surface area contributed by atoms with E-state index >= 15 is 0 Å². The molecule has 0 radical (unpaired) electrons. The van der Waals surface area contributed by atoms with Gasteiger partial charge < -0.3 is 10.5 Å². The minimum absolute atomic E-state index is 0.733. The van der Waals surface area contributed by atoms with Gasteiger partial charge in [0.25, 0.3) is 0 Å². The lowest BCUT2D eigenvalue weighted by molar-refractivity contribution is 0.311. The SMILES string of the molecule is Cc1ccc(OCCCc2cccc(N)c2)cc1C. The molecular formula is C17H21NO. The van der Waals surface area contributed by atoms with Crippen molar-refractivity contribution in [1.82, 2.24) is 0 Å². The van der Waals surface area contributed by atoms with Crippen molar-refractivity contribution in [3.8, 4) is 5.75 Å². The molecule has 0 atom stereocenters. The van der Waals surface area contributed by atoms with Gasteiger partial charge in [0, 0.05) is 5.69 Å². The van der Waals surface area contributed by atoms with E-state index in [2.05, 4.69) is 32.0 Å². The second-order valence-electron chi connectivity index (χ2n) is 4.94. The van der Waals surface area contributed by atoms with Crippen LogP contribution in [-0.2, 0) is 6.42 Å². The van der Waals surface area contributed by atoms with Crippen LogP contribution >= 0.6 is 0 Å². The van der Waals surface area contributed by atoms with E-state index < -0.39 is 0 Å². The number of aryl methyl sites for hydroxylation is 3. The van der Waals surface area contributed by atoms with Crippen LogP contribution < -0.4 is 10.5 Å². The van der Waals surface area contributed by atoms with Gasteiger partial charge in [-0.2, -0.15) is 0 Å². The zero-order chi connectivity index (χ0) is 13.7. The smallest absolute Gasteiger partial charge is 0.119 e. The van der Waals surface area contributed by atoms with Gasteiger partial charge in [0.15, 0.2) is 0 Å². The highest BCUT2D eigenvalue weighted by atomic mass is 16.5. The molecule has 0 saturated carbocycles. The number of ether oxygens (including phenoxy) is 1. The van der Waals surface area contributed by atoms with Gasteiger partial charge in [0.1, 0.15) is 5.75 Å². The molecule has 2 heteroatoms. The summed E-state index contributed by atoms with van der Waals surface area (Å²) in [5, 5.41) is 0. The number of nitrogen functional groups attached to an aromatic ring is 1. The van der Waals surface area contributed by atoms with Gasteiger partial charge in [-0.25, -0.2) is 0 Å². The van der Waals surface area contributed by atoms with Crippen LogP contribution in [0.2, 0.25) is 0 Å². The molecule has 0 heterocycles. The lowest BCUT2D eigenvalue weighted by Gasteiger charge is -2.08. The Hall–Kier alpha value is -1.96. The van der Waals surface area contributed by atoms with Crippen molar-refractivity contribution in [3.63, 3.8) is 0 Å². The van der Waals surface area contributed by atoms with Crippen molar-refractivity contribution in [3.05, 3.63) is 59.2 Å². The van der Waals surface area contributed by atoms with Crippen LogP contribution in [0.1, 0.15) is 23.1 Å². The molecule has 0 fully saturated rings. The Morgan fingerprint density at radius 1 is 1.00 bits per heavy atom. The summed E-state index contributed by atoms with van der Waals surface area (Å²) in [5.41, 5.74) is 10.4. The fraction of sp³-hybridized carbons (Fsp3) is 0.294. The van der Waals surface area contributed by atoms with Gasteiger partial charge in [0.2, 0.25) is 0 Å². The van der Waals surface area contributed by atoms with Crippen LogP contribution in [0.25, 0.3) is 0 Å². The molecule has 0 amide bonds. The molecule has 0 saturated heterocycles. The Labute approximate surface area is 115 Å². The molecule has 0 spiro atoms. The van der Waals surface area contributed by atoms with E-state index in [1.165, 1.54) is 16.7 Å². The molecule has 2 N–H and O–H groups in total. The van der Waals surface area contributed by atoms with Gasteiger partial charge in [-0.3, -0.25) is 0 Å². The van der Waals surface area contributed by atoms with Crippen molar-refractivity contribution in [2.75, 3.05) is 12.3 Å². The van der Waals surface area contributed by atoms with Crippen molar-refractivity contribution in [2.45, 2.75) is 26.7 Å². The number of hydrogen-bond acceptors (Lipinski definition) is 2. The summed E-state index contributed by atoms with van der Waals surface area (Å²) in [7, 11) is 0. The summed E-state index contributed by atoms with van der Waals surface area (Å²) < 4.78 is 5.76. The predicted molar refractivity (Wildman–Crippen MR) is 80.6 cm³/mol. The van der Waals surface area contributed by atoms with Crippen molar-refractivity contribution in [1.29, 1.82) is 0 Å². The predicted octanol–water partition coefficient (Wildman–Crippen LogP) is 3.90. The van der Waals surface area contributed by atoms with E-state index in [0.717, 1.165) is 30.9 Å². The summed E-state index contributed by atoms with van der Waals surface area (Å²) >= 11 is 0. The van der Waals surface area contributed by atoms with E-state index in [4.69, 9.17) is 10.5 Å². The second-order valence-corrected chi connectivity index (χ2v) is 4.94. The fourth-order valence-corrected chi connectivity index (χ4v) is 2.02. The minimum atomic E-state index is 0.733. The van der Waals surface area contributed by atoms with Crippen LogP contribution in [0.5, 0.6) is 5.75 Å². The average molecular weight is 255 g/mol. The largest absolute Gasteiger partial charge is 0.494 e. The summed E-state index contributed by atoms with van der Waals surface area (Å²) in [5.74, 6) is 0.954. The van der Waals surface area contributed by atoms with Gasteiger partial charge in [0.05, 0.1) is 6.61 Å². The Kier molecular flexibility index (Phi) is 4.45. The molecule has 0 aliphatic carbocycles. The number of rotatable bonds is 5. The molecule has 2 aromatic rings. The van der Waals surface area contributed by atoms with E-state index in [0.29, 0.717) is 0 Å². The maximum absolute atomic E-state index is 5.76. The number of benzene rings is 2. The summed E-state index contributed by atoms with van der Waals surface area (Å²) in [6, 6.07) is 14.3. The quantitative estimate of drug-likeness (QED) is 0.649. The van der Waals surface area contributed by atoms with Crippen LogP contribution in [0, 0.1) is 13.8 Å². The van der Waals surface area contributed by atoms with Crippen molar-refractivity contribution < 1.29 is 4.74 Å². The molecule has 19 heavy (non-hydrogen) atoms. The molecule has 100 valence electrons. The third-order valence-electron chi connectivity index (χ3n) is 3.31. The number of nitrogens with two attached hydrogens (primary N) is 1. The molecular weight excluding hydrogens is 234 g/mol. The Bertz CT molecular complexity index is 549. The molecule has 0 aromatic heterocycles. The maximum Gasteiger partial charge on any atom is 0.119 e. The lowest BCUT2D eigenvalue weighted by atomic mass is 10.1. The third-order valence-corrected chi connectivity index (χ3v) is 3.31. The van der Waals surface area contributed by atoms with E-state index in [-0.39, 0.29) is 0 Å². The molecule has 0 unspecified atom stereocenters. The Morgan fingerprint density at radius 2 is 1.84 bits per heavy atom. The third kappa shape index (κ3) is 4.02. The van der Waals surface area contributed by atoms with Crippen molar-refractivity contribution in [2.24, 2.45) is 0 Å². The van der Waals surface area contributed by atoms with Crippen molar-refractivity contribution >= 4 is 5.69 Å². The molecule has 0 aliphatic rings. The van der Waals surface area contributed by atoms with Gasteiger partial charge in [-0.1, -0.05) is 18.2 Å². The summed E-state index contributed by atoms with van der Waals surface area (Å²) in [6.45, 7) is 4.95. The first-order chi connectivity index (χ1) is 9.15. The first kappa shape index (κ1) is 13.5. The highest BCUT2D eigenvalue weighted by Crippen LogP contribution is 2.17. The zero-order valence-electron chi connectivity index (χ0n) is 11.6. The Morgan fingerprint density at radius 3 is 2.58 bits per heavy atom. The van der Waals surface area contributed by atoms with Gasteiger partial charge >= 0.3 is 0 Å². The number of hydrogen-bond donors (Lipinski definition) is 1. The molecule has 2 nitrogen and oxygen atoms in total. The highest BCUT2D eigenvalue weighted by molar-refractivity contribution is 5.40. The average Bonchev–Trinajstić information content (AvgIpc) is 2.39. The highest BCUT2D eigenvalue weighted by Gasteiger charge is 1.98. The first-order valence-corrected chi connectivity index (χ1v) is 6.69. The number of anilines is 1. The topological polar surface area (TPSA) is 35.2 Å². The Balaban J connectivity index is 1.79. The monoisotopic (exact) mass is 255 g/mol. The van der Waals surface area contributed by atoms with E-state index in [1.807, 2.05) is 24.3 Å². The van der Waals surface area contributed by atoms with E-state index in [9.17, 15) is 0 Å². The second kappa shape index (κ2) is 6.28. The fourth-order valence-electron chi connectivity index (χ4n) is 2.02. The lowest BCUT2D eigenvalue weighted by Crippen LogP contribution is -2.00. The molecule has 2 aromatic carbocycles. The van der Waals surface area contributed by atoms with Crippen LogP contribution in [-0.4, -0.2) is 6.61 Å². The molecule has 0 bridgehead atoms. The maximum atomic E-state index is 5.76. The van der Waals surface area contributed by atoms with Gasteiger partial charge in [-0.05, 0) is 67.6 Å². The molecule has 2 rings (SSSR count).